The van der Waals surface area contributed by atoms with Gasteiger partial charge >= 0.3 is 0 Å². The van der Waals surface area contributed by atoms with Crippen molar-refractivity contribution in [2.75, 3.05) is 23.7 Å². The Hall–Kier alpha value is -2.39. The minimum Gasteiger partial charge on any atom is -0.352 e. The average molecular weight is 565 g/mol. The standard InChI is InChI=1S/C26H34BrN3O4S/c1-3-24(26(32)28-22-13-7-8-14-22)29(17-16-20-10-5-4-6-11-20)25(31)19-30(35(2,33)34)23-15-9-12-21(27)18-23/h4-6,9-12,15,18,22,24H,3,7-8,13-14,16-17,19H2,1-2H3,(H,28,32)/t24-/m0/s1. The zero-order valence-electron chi connectivity index (χ0n) is 20.3. The molecule has 2 aromatic carbocycles. The Balaban J connectivity index is 1.86. The molecule has 0 bridgehead atoms. The van der Waals surface area contributed by atoms with Crippen LogP contribution >= 0.6 is 15.9 Å². The van der Waals surface area contributed by atoms with Gasteiger partial charge in [0.05, 0.1) is 11.9 Å². The van der Waals surface area contributed by atoms with E-state index in [4.69, 9.17) is 0 Å². The normalized spacial score (nSPS) is 14.9. The maximum atomic E-state index is 13.6. The van der Waals surface area contributed by atoms with Crippen molar-refractivity contribution in [2.45, 2.75) is 57.5 Å². The summed E-state index contributed by atoms with van der Waals surface area (Å²) in [5.41, 5.74) is 1.44. The molecule has 2 aromatic rings. The molecule has 0 radical (unpaired) electrons. The Morgan fingerprint density at radius 3 is 2.37 bits per heavy atom. The molecule has 1 aliphatic rings. The molecule has 1 saturated carbocycles. The lowest BCUT2D eigenvalue weighted by Crippen LogP contribution is -2.54. The topological polar surface area (TPSA) is 86.8 Å². The van der Waals surface area contributed by atoms with Crippen LogP contribution in [0, 0.1) is 0 Å². The second kappa shape index (κ2) is 12.5. The fraction of sp³-hybridized carbons (Fsp3) is 0.462. The van der Waals surface area contributed by atoms with Crippen molar-refractivity contribution in [3.05, 3.63) is 64.6 Å². The molecule has 3 rings (SSSR count). The van der Waals surface area contributed by atoms with Crippen molar-refractivity contribution in [2.24, 2.45) is 0 Å². The number of hydrogen-bond donors (Lipinski definition) is 1. The molecule has 0 aromatic heterocycles. The second-order valence-corrected chi connectivity index (χ2v) is 11.8. The minimum atomic E-state index is -3.74. The lowest BCUT2D eigenvalue weighted by molar-refractivity contribution is -0.139. The van der Waals surface area contributed by atoms with E-state index >= 15 is 0 Å². The highest BCUT2D eigenvalue weighted by Gasteiger charge is 2.32. The Morgan fingerprint density at radius 2 is 1.77 bits per heavy atom. The van der Waals surface area contributed by atoms with Crippen LogP contribution in [0.4, 0.5) is 5.69 Å². The molecular weight excluding hydrogens is 530 g/mol. The zero-order chi connectivity index (χ0) is 25.4. The monoisotopic (exact) mass is 563 g/mol. The van der Waals surface area contributed by atoms with Gasteiger partial charge in [-0.3, -0.25) is 13.9 Å². The summed E-state index contributed by atoms with van der Waals surface area (Å²) in [4.78, 5) is 28.4. The first kappa shape index (κ1) is 27.2. The molecule has 1 fully saturated rings. The van der Waals surface area contributed by atoms with Crippen LogP contribution in [0.3, 0.4) is 0 Å². The number of rotatable bonds is 11. The number of anilines is 1. The number of nitrogens with zero attached hydrogens (tertiary/aromatic N) is 2. The summed E-state index contributed by atoms with van der Waals surface area (Å²) in [5.74, 6) is -0.575. The van der Waals surface area contributed by atoms with Crippen LogP contribution in [0.15, 0.2) is 59.1 Å². The Kier molecular flexibility index (Phi) is 9.74. The SMILES string of the molecule is CC[C@@H](C(=O)NC1CCCC1)N(CCc1ccccc1)C(=O)CN(c1cccc(Br)c1)S(C)(=O)=O. The quantitative estimate of drug-likeness (QED) is 0.445. The molecule has 0 saturated heterocycles. The van der Waals surface area contributed by atoms with Crippen LogP contribution in [0.1, 0.15) is 44.6 Å². The van der Waals surface area contributed by atoms with Crippen molar-refractivity contribution in [1.82, 2.24) is 10.2 Å². The first-order valence-electron chi connectivity index (χ1n) is 12.1. The van der Waals surface area contributed by atoms with Gasteiger partial charge in [0, 0.05) is 17.1 Å². The molecule has 1 aliphatic carbocycles. The third-order valence-electron chi connectivity index (χ3n) is 6.35. The van der Waals surface area contributed by atoms with Crippen molar-refractivity contribution in [1.29, 1.82) is 0 Å². The molecule has 1 N–H and O–H groups in total. The third-order valence-corrected chi connectivity index (χ3v) is 7.98. The van der Waals surface area contributed by atoms with Gasteiger partial charge in [0.25, 0.3) is 0 Å². The highest BCUT2D eigenvalue weighted by Crippen LogP contribution is 2.23. The lowest BCUT2D eigenvalue weighted by atomic mass is 10.1. The number of nitrogens with one attached hydrogen (secondary N) is 1. The van der Waals surface area contributed by atoms with Gasteiger partial charge in [0.2, 0.25) is 21.8 Å². The smallest absolute Gasteiger partial charge is 0.244 e. The zero-order valence-corrected chi connectivity index (χ0v) is 22.7. The maximum absolute atomic E-state index is 13.6. The van der Waals surface area contributed by atoms with E-state index in [1.54, 1.807) is 29.2 Å². The summed E-state index contributed by atoms with van der Waals surface area (Å²) in [5, 5.41) is 3.12. The molecule has 0 spiro atoms. The van der Waals surface area contributed by atoms with Gasteiger partial charge < -0.3 is 10.2 Å². The van der Waals surface area contributed by atoms with Crippen molar-refractivity contribution in [3.8, 4) is 0 Å². The number of hydrogen-bond acceptors (Lipinski definition) is 4. The predicted octanol–water partition coefficient (Wildman–Crippen LogP) is 4.12. The van der Waals surface area contributed by atoms with E-state index in [1.165, 1.54) is 0 Å². The van der Waals surface area contributed by atoms with Crippen molar-refractivity contribution < 1.29 is 18.0 Å². The largest absolute Gasteiger partial charge is 0.352 e. The number of halogens is 1. The van der Waals surface area contributed by atoms with Crippen molar-refractivity contribution >= 4 is 43.5 Å². The van der Waals surface area contributed by atoms with Gasteiger partial charge in [-0.1, -0.05) is 72.1 Å². The summed E-state index contributed by atoms with van der Waals surface area (Å²) in [7, 11) is -3.74. The van der Waals surface area contributed by atoms with E-state index in [1.807, 2.05) is 37.3 Å². The maximum Gasteiger partial charge on any atom is 0.244 e. The van der Waals surface area contributed by atoms with E-state index in [0.717, 1.165) is 41.8 Å². The van der Waals surface area contributed by atoms with Crippen LogP contribution < -0.4 is 9.62 Å². The molecule has 1 atom stereocenters. The van der Waals surface area contributed by atoms with Gasteiger partial charge in [-0.05, 0) is 49.4 Å². The molecule has 35 heavy (non-hydrogen) atoms. The third kappa shape index (κ3) is 7.80. The Morgan fingerprint density at radius 1 is 1.09 bits per heavy atom. The van der Waals surface area contributed by atoms with Crippen LogP contribution in [-0.4, -0.2) is 56.6 Å². The van der Waals surface area contributed by atoms with Gasteiger partial charge in [0.1, 0.15) is 12.6 Å². The van der Waals surface area contributed by atoms with Gasteiger partial charge in [0.15, 0.2) is 0 Å². The van der Waals surface area contributed by atoms with Crippen LogP contribution in [-0.2, 0) is 26.0 Å². The fourth-order valence-corrected chi connectivity index (χ4v) is 5.74. The summed E-state index contributed by atoms with van der Waals surface area (Å²) < 4.78 is 27.1. The number of carbonyl (C=O) groups is 2. The second-order valence-electron chi connectivity index (χ2n) is 8.99. The van der Waals surface area contributed by atoms with E-state index in [-0.39, 0.29) is 18.5 Å². The summed E-state index contributed by atoms with van der Waals surface area (Å²) >= 11 is 3.37. The van der Waals surface area contributed by atoms with Crippen molar-refractivity contribution in [3.63, 3.8) is 0 Å². The van der Waals surface area contributed by atoms with Crippen LogP contribution in [0.25, 0.3) is 0 Å². The predicted molar refractivity (Wildman–Crippen MR) is 143 cm³/mol. The summed E-state index contributed by atoms with van der Waals surface area (Å²) in [6.07, 6.45) is 6.17. The minimum absolute atomic E-state index is 0.136. The van der Waals surface area contributed by atoms with Crippen LogP contribution in [0.5, 0.6) is 0 Å². The molecular formula is C26H34BrN3O4S. The van der Waals surface area contributed by atoms with Gasteiger partial charge in [-0.2, -0.15) is 0 Å². The number of carbonyl (C=O) groups excluding carboxylic acids is 2. The first-order chi connectivity index (χ1) is 16.7. The lowest BCUT2D eigenvalue weighted by Gasteiger charge is -2.33. The molecule has 0 unspecified atom stereocenters. The average Bonchev–Trinajstić information content (AvgIpc) is 3.32. The molecule has 190 valence electrons. The summed E-state index contributed by atoms with van der Waals surface area (Å²) in [6.45, 7) is 1.82. The molecule has 7 nitrogen and oxygen atoms in total. The summed E-state index contributed by atoms with van der Waals surface area (Å²) in [6, 6.07) is 16.0. The first-order valence-corrected chi connectivity index (χ1v) is 14.7. The number of sulfonamides is 1. The molecule has 0 heterocycles. The van der Waals surface area contributed by atoms with Gasteiger partial charge in [-0.15, -0.1) is 0 Å². The van der Waals surface area contributed by atoms with E-state index in [2.05, 4.69) is 21.2 Å². The number of amides is 2. The highest BCUT2D eigenvalue weighted by molar-refractivity contribution is 9.10. The highest BCUT2D eigenvalue weighted by atomic mass is 79.9. The Labute approximate surface area is 217 Å². The van der Waals surface area contributed by atoms with Gasteiger partial charge in [-0.25, -0.2) is 8.42 Å². The molecule has 0 aliphatic heterocycles. The van der Waals surface area contributed by atoms with E-state index in [9.17, 15) is 18.0 Å². The Bertz CT molecular complexity index is 1100. The fourth-order valence-electron chi connectivity index (χ4n) is 4.51. The molecule has 2 amide bonds. The number of benzene rings is 2. The molecule has 9 heteroatoms. The van der Waals surface area contributed by atoms with Crippen LogP contribution in [0.2, 0.25) is 0 Å². The van der Waals surface area contributed by atoms with E-state index in [0.29, 0.717) is 29.5 Å². The van der Waals surface area contributed by atoms with E-state index < -0.39 is 22.0 Å².